The van der Waals surface area contributed by atoms with Gasteiger partial charge in [0.25, 0.3) is 0 Å². The van der Waals surface area contributed by atoms with Crippen molar-refractivity contribution in [2.75, 3.05) is 0 Å². The minimum absolute atomic E-state index is 0.0708. The third-order valence-corrected chi connectivity index (χ3v) is 15.4. The van der Waals surface area contributed by atoms with Gasteiger partial charge in [-0.3, -0.25) is 0 Å². The zero-order valence-corrected chi connectivity index (χ0v) is 40.7. The van der Waals surface area contributed by atoms with Crippen molar-refractivity contribution < 1.29 is 0 Å². The first kappa shape index (κ1) is 40.7. The van der Waals surface area contributed by atoms with E-state index in [1.807, 2.05) is 0 Å². The summed E-state index contributed by atoms with van der Waals surface area (Å²) in [5.41, 5.74) is 21.3. The van der Waals surface area contributed by atoms with E-state index in [1.54, 1.807) is 0 Å². The van der Waals surface area contributed by atoms with Crippen molar-refractivity contribution >= 4 is 75.4 Å². The number of aryl methyl sites for hydroxylation is 6. The third kappa shape index (κ3) is 5.76. The SMILES string of the molecule is Cc1cc(C)c(-c2c3cccc4c(-c5ccc(C(C)(C)C)cc5)cc5c6cc7c(-c8c(C)cc(C)cc8C)c8cccc9c(-c%10ccc(C(C)(C)C)cc%10)cc(c6cc2c5c43)c7c98)c(C)c1. The van der Waals surface area contributed by atoms with Crippen LogP contribution < -0.4 is 0 Å². The molecule has 12 rings (SSSR count). The zero-order chi connectivity index (χ0) is 45.9. The molecule has 0 heterocycles. The fourth-order valence-electron chi connectivity index (χ4n) is 12.5. The summed E-state index contributed by atoms with van der Waals surface area (Å²) >= 11 is 0. The average molecular weight is 851 g/mol. The molecule has 0 spiro atoms. The highest BCUT2D eigenvalue weighted by Gasteiger charge is 2.28. The Morgan fingerprint density at radius 1 is 0.273 bits per heavy atom. The molecule has 0 unspecified atom stereocenters. The molecule has 12 aromatic carbocycles. The Hall–Kier alpha value is -6.76. The predicted molar refractivity (Wildman–Crippen MR) is 290 cm³/mol. The molecule has 0 atom stereocenters. The molecule has 0 saturated heterocycles. The van der Waals surface area contributed by atoms with Gasteiger partial charge in [-0.2, -0.15) is 0 Å². The van der Waals surface area contributed by atoms with Crippen LogP contribution in [0.25, 0.3) is 120 Å². The molecule has 0 saturated carbocycles. The van der Waals surface area contributed by atoms with Crippen LogP contribution in [-0.2, 0) is 10.8 Å². The molecule has 0 aliphatic carbocycles. The fourth-order valence-corrected chi connectivity index (χ4v) is 12.5. The molecule has 0 amide bonds. The number of hydrogen-bond acceptors (Lipinski definition) is 0. The van der Waals surface area contributed by atoms with Gasteiger partial charge in [0.2, 0.25) is 0 Å². The Balaban J connectivity index is 1.32. The standard InChI is InChI=1S/C66H58/c1-35-27-37(3)57(38(4)28-35)61-47-17-13-15-45-49(41-19-23-43(24-20-41)65(7,8)9)31-53-52-34-56-62(58-39(5)29-36(2)30-40(58)6)48-18-14-16-46-50(42-21-25-44(26-22-42)66(10,11)12)32-54(64(56)60(46)48)51(52)33-55(61)63(53)59(45)47/h13-34H,1-12H3. The van der Waals surface area contributed by atoms with Crippen LogP contribution in [0.5, 0.6) is 0 Å². The predicted octanol–water partition coefficient (Wildman–Crippen LogP) is 19.2. The summed E-state index contributed by atoms with van der Waals surface area (Å²) in [4.78, 5) is 0. The number of hydrogen-bond donors (Lipinski definition) is 0. The second-order valence-corrected chi connectivity index (χ2v) is 22.0. The van der Waals surface area contributed by atoms with Crippen LogP contribution in [0.3, 0.4) is 0 Å². The lowest BCUT2D eigenvalue weighted by Crippen LogP contribution is -2.10. The van der Waals surface area contributed by atoms with E-state index in [9.17, 15) is 0 Å². The van der Waals surface area contributed by atoms with Crippen LogP contribution in [0.1, 0.15) is 86.1 Å². The van der Waals surface area contributed by atoms with Gasteiger partial charge in [-0.05, 0) is 230 Å². The fraction of sp³-hybridized carbons (Fsp3) is 0.212. The summed E-state index contributed by atoms with van der Waals surface area (Å²) in [5, 5.41) is 18.8. The topological polar surface area (TPSA) is 0 Å². The van der Waals surface area contributed by atoms with Crippen LogP contribution in [0.2, 0.25) is 0 Å². The van der Waals surface area contributed by atoms with Gasteiger partial charge in [0.1, 0.15) is 0 Å². The molecule has 12 aromatic rings. The highest BCUT2D eigenvalue weighted by molar-refractivity contribution is 6.44. The lowest BCUT2D eigenvalue weighted by Gasteiger charge is -2.20. The van der Waals surface area contributed by atoms with Gasteiger partial charge in [-0.25, -0.2) is 0 Å². The minimum atomic E-state index is 0.0708. The molecule has 322 valence electrons. The Morgan fingerprint density at radius 2 is 0.591 bits per heavy atom. The molecule has 0 N–H and O–H groups in total. The quantitative estimate of drug-likeness (QED) is 0.155. The second-order valence-electron chi connectivity index (χ2n) is 22.0. The lowest BCUT2D eigenvalue weighted by atomic mass is 9.84. The van der Waals surface area contributed by atoms with Crippen molar-refractivity contribution in [3.05, 3.63) is 178 Å². The molecule has 0 radical (unpaired) electrons. The van der Waals surface area contributed by atoms with Gasteiger partial charge in [0.05, 0.1) is 0 Å². The maximum absolute atomic E-state index is 2.60. The van der Waals surface area contributed by atoms with Gasteiger partial charge in [0.15, 0.2) is 0 Å². The van der Waals surface area contributed by atoms with E-state index in [0.29, 0.717) is 0 Å². The van der Waals surface area contributed by atoms with E-state index < -0.39 is 0 Å². The summed E-state index contributed by atoms with van der Waals surface area (Å²) in [6, 6.07) is 52.8. The van der Waals surface area contributed by atoms with E-state index in [2.05, 4.69) is 217 Å². The third-order valence-electron chi connectivity index (χ3n) is 15.4. The molecule has 66 heavy (non-hydrogen) atoms. The van der Waals surface area contributed by atoms with E-state index >= 15 is 0 Å². The molecule has 0 fully saturated rings. The molecule has 0 aliphatic heterocycles. The zero-order valence-electron chi connectivity index (χ0n) is 40.7. The molecule has 0 bridgehead atoms. The maximum Gasteiger partial charge on any atom is -0.00132 e. The Labute approximate surface area is 389 Å². The van der Waals surface area contributed by atoms with Crippen LogP contribution in [-0.4, -0.2) is 0 Å². The molecule has 0 nitrogen and oxygen atoms in total. The normalized spacial score (nSPS) is 12.8. The van der Waals surface area contributed by atoms with Crippen molar-refractivity contribution in [1.29, 1.82) is 0 Å². The smallest absolute Gasteiger partial charge is 0.00132 e. The summed E-state index contributed by atoms with van der Waals surface area (Å²) in [5.74, 6) is 0. The number of rotatable bonds is 4. The van der Waals surface area contributed by atoms with Crippen molar-refractivity contribution in [1.82, 2.24) is 0 Å². The molecule has 0 aromatic heterocycles. The van der Waals surface area contributed by atoms with Crippen molar-refractivity contribution in [3.8, 4) is 44.5 Å². The largest absolute Gasteiger partial charge is 0.0610 e. The maximum atomic E-state index is 2.60. The summed E-state index contributed by atoms with van der Waals surface area (Å²) in [6.45, 7) is 27.5. The van der Waals surface area contributed by atoms with Crippen molar-refractivity contribution in [3.63, 3.8) is 0 Å². The molecular formula is C66H58. The van der Waals surface area contributed by atoms with Gasteiger partial charge in [-0.1, -0.05) is 162 Å². The average Bonchev–Trinajstić information content (AvgIpc) is 3.76. The molecular weight excluding hydrogens is 793 g/mol. The van der Waals surface area contributed by atoms with E-state index in [1.165, 1.54) is 164 Å². The first-order valence-electron chi connectivity index (χ1n) is 24.0. The highest BCUT2D eigenvalue weighted by atomic mass is 14.3. The first-order chi connectivity index (χ1) is 31.5. The number of benzene rings is 10. The van der Waals surface area contributed by atoms with Gasteiger partial charge in [-0.15, -0.1) is 0 Å². The summed E-state index contributed by atoms with van der Waals surface area (Å²) < 4.78 is 0. The lowest BCUT2D eigenvalue weighted by molar-refractivity contribution is 0.590. The first-order valence-corrected chi connectivity index (χ1v) is 24.0. The van der Waals surface area contributed by atoms with Gasteiger partial charge < -0.3 is 0 Å². The molecule has 0 aliphatic rings. The van der Waals surface area contributed by atoms with Crippen LogP contribution in [0.4, 0.5) is 0 Å². The van der Waals surface area contributed by atoms with Crippen LogP contribution in [0, 0.1) is 41.5 Å². The Bertz CT molecular complexity index is 3640. The summed E-state index contributed by atoms with van der Waals surface area (Å²) in [6.07, 6.45) is 0. The van der Waals surface area contributed by atoms with Crippen molar-refractivity contribution in [2.45, 2.75) is 93.9 Å². The monoisotopic (exact) mass is 850 g/mol. The Morgan fingerprint density at radius 3 is 0.924 bits per heavy atom. The minimum Gasteiger partial charge on any atom is -0.0610 e. The van der Waals surface area contributed by atoms with Gasteiger partial charge in [0, 0.05) is 0 Å². The van der Waals surface area contributed by atoms with Crippen LogP contribution in [0.15, 0.2) is 133 Å². The highest BCUT2D eigenvalue weighted by Crippen LogP contribution is 2.56. The molecule has 0 heteroatoms. The van der Waals surface area contributed by atoms with E-state index in [-0.39, 0.29) is 10.8 Å². The second kappa shape index (κ2) is 13.9. The van der Waals surface area contributed by atoms with Gasteiger partial charge >= 0.3 is 0 Å². The van der Waals surface area contributed by atoms with Crippen LogP contribution >= 0.6 is 0 Å². The van der Waals surface area contributed by atoms with Crippen molar-refractivity contribution in [2.24, 2.45) is 0 Å². The summed E-state index contributed by atoms with van der Waals surface area (Å²) in [7, 11) is 0. The van der Waals surface area contributed by atoms with E-state index in [0.717, 1.165) is 0 Å². The van der Waals surface area contributed by atoms with E-state index in [4.69, 9.17) is 0 Å². The number of fused-ring (bicyclic) bond motifs is 3. The Kier molecular flexibility index (Phi) is 8.57.